The molecule has 4 atom stereocenters. The number of nitrogens with one attached hydrogen (secondary N) is 2. The smallest absolute Gasteiger partial charge is 0.319 e. The number of aliphatic hydroxyl groups is 1. The van der Waals surface area contributed by atoms with Crippen LogP contribution in [0.25, 0.3) is 5.69 Å². The average Bonchev–Trinajstić information content (AvgIpc) is 3.32. The molecule has 2 saturated carbocycles. The number of benzene rings is 1. The fraction of sp³-hybridized carbons (Fsp3) is 0.444. The summed E-state index contributed by atoms with van der Waals surface area (Å²) in [6.07, 6.45) is 6.63. The van der Waals surface area contributed by atoms with Crippen LogP contribution in [0.3, 0.4) is 0 Å². The molecule has 3 N–H and O–H groups in total. The van der Waals surface area contributed by atoms with Gasteiger partial charge in [0.15, 0.2) is 0 Å². The Kier molecular flexibility index (Phi) is 4.17. The van der Waals surface area contributed by atoms with E-state index in [1.165, 1.54) is 12.1 Å². The number of hydrogen-bond acceptors (Lipinski definition) is 3. The van der Waals surface area contributed by atoms with Gasteiger partial charge in [0.25, 0.3) is 0 Å². The maximum atomic E-state index is 13.6. The summed E-state index contributed by atoms with van der Waals surface area (Å²) in [5.41, 5.74) is 0.943. The predicted octanol–water partition coefficient (Wildman–Crippen LogP) is 2.54. The number of fused-ring (bicyclic) bond motifs is 2. The number of carbonyl (C=O) groups excluding carboxylic acids is 1. The lowest BCUT2D eigenvalue weighted by Crippen LogP contribution is -2.46. The van der Waals surface area contributed by atoms with E-state index in [4.69, 9.17) is 0 Å². The first kappa shape index (κ1) is 16.1. The molecule has 2 aliphatic rings. The zero-order chi connectivity index (χ0) is 17.4. The van der Waals surface area contributed by atoms with E-state index in [-0.39, 0.29) is 24.6 Å². The number of aromatic nitrogens is 2. The molecule has 0 aliphatic heterocycles. The zero-order valence-corrected chi connectivity index (χ0v) is 13.7. The molecule has 2 amide bonds. The van der Waals surface area contributed by atoms with E-state index in [9.17, 15) is 14.3 Å². The number of halogens is 1. The van der Waals surface area contributed by atoms with Crippen molar-refractivity contribution in [3.05, 3.63) is 42.5 Å². The van der Waals surface area contributed by atoms with Crippen LogP contribution < -0.4 is 10.6 Å². The summed E-state index contributed by atoms with van der Waals surface area (Å²) in [5, 5.41) is 19.5. The van der Waals surface area contributed by atoms with Crippen molar-refractivity contribution in [2.45, 2.75) is 25.3 Å². The van der Waals surface area contributed by atoms with Gasteiger partial charge in [-0.25, -0.2) is 13.9 Å². The van der Waals surface area contributed by atoms with Gasteiger partial charge in [-0.2, -0.15) is 5.10 Å². The Morgan fingerprint density at radius 2 is 2.20 bits per heavy atom. The molecule has 2 bridgehead atoms. The molecular formula is C18H21FN4O2. The number of rotatable bonds is 4. The van der Waals surface area contributed by atoms with Crippen LogP contribution in [0.4, 0.5) is 14.9 Å². The molecule has 1 aromatic heterocycles. The van der Waals surface area contributed by atoms with Crippen molar-refractivity contribution in [1.29, 1.82) is 0 Å². The molecular weight excluding hydrogens is 323 g/mol. The molecule has 4 rings (SSSR count). The molecule has 7 heteroatoms. The molecule has 4 unspecified atom stereocenters. The largest absolute Gasteiger partial charge is 0.396 e. The maximum Gasteiger partial charge on any atom is 0.319 e. The van der Waals surface area contributed by atoms with Crippen molar-refractivity contribution in [3.63, 3.8) is 0 Å². The molecule has 0 spiro atoms. The highest BCUT2D eigenvalue weighted by Gasteiger charge is 2.47. The highest BCUT2D eigenvalue weighted by molar-refractivity contribution is 5.91. The van der Waals surface area contributed by atoms with Crippen LogP contribution in [0.15, 0.2) is 36.7 Å². The monoisotopic (exact) mass is 344 g/mol. The first-order chi connectivity index (χ1) is 12.2. The normalized spacial score (nSPS) is 27.4. The molecule has 1 aromatic carbocycles. The second-order valence-electron chi connectivity index (χ2n) is 6.92. The average molecular weight is 344 g/mol. The van der Waals surface area contributed by atoms with E-state index in [1.807, 2.05) is 0 Å². The third-order valence-corrected chi connectivity index (χ3v) is 5.55. The summed E-state index contributed by atoms with van der Waals surface area (Å²) in [5.74, 6) is 0.599. The summed E-state index contributed by atoms with van der Waals surface area (Å²) in [6, 6.07) is 5.54. The summed E-state index contributed by atoms with van der Waals surface area (Å²) in [6.45, 7) is 0.0879. The van der Waals surface area contributed by atoms with Gasteiger partial charge in [-0.1, -0.05) is 0 Å². The molecule has 0 saturated heterocycles. The second kappa shape index (κ2) is 6.48. The van der Waals surface area contributed by atoms with Gasteiger partial charge in [0.05, 0.1) is 11.4 Å². The number of carbonyl (C=O) groups is 1. The van der Waals surface area contributed by atoms with Crippen molar-refractivity contribution in [2.75, 3.05) is 11.9 Å². The summed E-state index contributed by atoms with van der Waals surface area (Å²) < 4.78 is 15.2. The van der Waals surface area contributed by atoms with Crippen molar-refractivity contribution in [2.24, 2.45) is 17.8 Å². The number of anilines is 1. The molecule has 25 heavy (non-hydrogen) atoms. The summed E-state index contributed by atoms with van der Waals surface area (Å²) >= 11 is 0. The van der Waals surface area contributed by atoms with Crippen LogP contribution in [0.1, 0.15) is 19.3 Å². The lowest BCUT2D eigenvalue weighted by Gasteiger charge is -2.30. The Balaban J connectivity index is 1.51. The Hall–Kier alpha value is -2.41. The number of nitrogens with zero attached hydrogens (tertiary/aromatic N) is 2. The fourth-order valence-corrected chi connectivity index (χ4v) is 4.43. The van der Waals surface area contributed by atoms with Crippen LogP contribution >= 0.6 is 0 Å². The van der Waals surface area contributed by atoms with Crippen LogP contribution in [-0.2, 0) is 0 Å². The summed E-state index contributed by atoms with van der Waals surface area (Å²) in [7, 11) is 0. The van der Waals surface area contributed by atoms with E-state index in [0.29, 0.717) is 23.2 Å². The van der Waals surface area contributed by atoms with Gasteiger partial charge in [0, 0.05) is 31.0 Å². The fourth-order valence-electron chi connectivity index (χ4n) is 4.43. The van der Waals surface area contributed by atoms with Gasteiger partial charge in [0.2, 0.25) is 0 Å². The Labute approximate surface area is 145 Å². The van der Waals surface area contributed by atoms with E-state index in [2.05, 4.69) is 15.7 Å². The molecule has 132 valence electrons. The molecule has 0 radical (unpaired) electrons. The number of amides is 2. The Bertz CT molecular complexity index is 764. The second-order valence-corrected chi connectivity index (χ2v) is 6.92. The topological polar surface area (TPSA) is 79.2 Å². The highest BCUT2D eigenvalue weighted by Crippen LogP contribution is 2.48. The van der Waals surface area contributed by atoms with Crippen molar-refractivity contribution >= 4 is 11.7 Å². The number of hydrogen-bond donors (Lipinski definition) is 3. The van der Waals surface area contributed by atoms with E-state index in [0.717, 1.165) is 19.3 Å². The van der Waals surface area contributed by atoms with Crippen LogP contribution in [-0.4, -0.2) is 33.6 Å². The van der Waals surface area contributed by atoms with Crippen molar-refractivity contribution < 1.29 is 14.3 Å². The zero-order valence-electron chi connectivity index (χ0n) is 13.7. The van der Waals surface area contributed by atoms with E-state index < -0.39 is 5.82 Å². The van der Waals surface area contributed by atoms with Crippen LogP contribution in [0, 0.1) is 23.6 Å². The van der Waals surface area contributed by atoms with Gasteiger partial charge in [0.1, 0.15) is 5.82 Å². The van der Waals surface area contributed by atoms with Gasteiger partial charge in [-0.05, 0) is 55.4 Å². The van der Waals surface area contributed by atoms with Gasteiger partial charge >= 0.3 is 6.03 Å². The van der Waals surface area contributed by atoms with Crippen LogP contribution in [0.2, 0.25) is 0 Å². The molecule has 1 heterocycles. The Morgan fingerprint density at radius 1 is 1.36 bits per heavy atom. The lowest BCUT2D eigenvalue weighted by atomic mass is 9.85. The number of urea groups is 1. The quantitative estimate of drug-likeness (QED) is 0.797. The van der Waals surface area contributed by atoms with Crippen molar-refractivity contribution in [1.82, 2.24) is 15.1 Å². The Morgan fingerprint density at radius 3 is 2.96 bits per heavy atom. The van der Waals surface area contributed by atoms with Crippen molar-refractivity contribution in [3.8, 4) is 5.69 Å². The third-order valence-electron chi connectivity index (χ3n) is 5.55. The van der Waals surface area contributed by atoms with Crippen LogP contribution in [0.5, 0.6) is 0 Å². The highest BCUT2D eigenvalue weighted by atomic mass is 19.1. The predicted molar refractivity (Wildman–Crippen MR) is 90.9 cm³/mol. The number of aliphatic hydroxyl groups excluding tert-OH is 1. The molecule has 2 aliphatic carbocycles. The van der Waals surface area contributed by atoms with E-state index >= 15 is 0 Å². The minimum absolute atomic E-state index is 0.0227. The standard InChI is InChI=1S/C18H21FN4O2/c19-13-4-5-16(23-7-1-6-20-23)15(9-13)21-18(25)22-17-12-3-2-11(8-12)14(17)10-24/h1,4-7,9,11-12,14,17,24H,2-3,8,10H2,(H2,21,22,25). The summed E-state index contributed by atoms with van der Waals surface area (Å²) in [4.78, 5) is 12.5. The SMILES string of the molecule is O=C(Nc1cc(F)ccc1-n1cccn1)NC1C2CCC(C2)C1CO. The van der Waals surface area contributed by atoms with Gasteiger partial charge in [-0.3, -0.25) is 0 Å². The molecule has 6 nitrogen and oxygen atoms in total. The first-order valence-electron chi connectivity index (χ1n) is 8.63. The third kappa shape index (κ3) is 3.00. The molecule has 2 aromatic rings. The minimum atomic E-state index is -0.431. The van der Waals surface area contributed by atoms with Gasteiger partial charge < -0.3 is 15.7 Å². The lowest BCUT2D eigenvalue weighted by molar-refractivity contribution is 0.146. The first-order valence-corrected chi connectivity index (χ1v) is 8.63. The van der Waals surface area contributed by atoms with E-state index in [1.54, 1.807) is 29.2 Å². The minimum Gasteiger partial charge on any atom is -0.396 e. The maximum absolute atomic E-state index is 13.6. The van der Waals surface area contributed by atoms with Gasteiger partial charge in [-0.15, -0.1) is 0 Å². The molecule has 2 fully saturated rings.